The van der Waals surface area contributed by atoms with Gasteiger partial charge in [-0.05, 0) is 44.2 Å². The van der Waals surface area contributed by atoms with Crippen LogP contribution in [-0.4, -0.2) is 30.3 Å². The van der Waals surface area contributed by atoms with Gasteiger partial charge in [-0.25, -0.2) is 5.43 Å². The maximum atomic E-state index is 12.0. The standard InChI is InChI=1S/C18H19Cl2N3O2/c1-3-23(4-2)16-6-5-12(17(24)10-16)11-21-22-18(25)13-7-14(19)9-15(20)8-13/h5-11,24H,3-4H2,1-2H3,(H,22,25)/b21-11+. The fraction of sp³-hybridized carbons (Fsp3) is 0.222. The predicted octanol–water partition coefficient (Wildman–Crippen LogP) is 4.31. The number of carbonyl (C=O) groups is 1. The van der Waals surface area contributed by atoms with Crippen molar-refractivity contribution in [3.8, 4) is 5.75 Å². The van der Waals surface area contributed by atoms with Gasteiger partial charge in [-0.3, -0.25) is 4.79 Å². The molecule has 7 heteroatoms. The van der Waals surface area contributed by atoms with Crippen molar-refractivity contribution in [3.05, 3.63) is 57.6 Å². The quantitative estimate of drug-likeness (QED) is 0.580. The van der Waals surface area contributed by atoms with Gasteiger partial charge in [0.15, 0.2) is 0 Å². The number of amides is 1. The number of carbonyl (C=O) groups excluding carboxylic acids is 1. The lowest BCUT2D eigenvalue weighted by atomic mass is 10.2. The number of aromatic hydroxyl groups is 1. The second-order valence-corrected chi connectivity index (χ2v) is 6.15. The van der Waals surface area contributed by atoms with Crippen LogP contribution in [0.15, 0.2) is 41.5 Å². The van der Waals surface area contributed by atoms with Crippen molar-refractivity contribution in [2.24, 2.45) is 5.10 Å². The number of nitrogens with one attached hydrogen (secondary N) is 1. The van der Waals surface area contributed by atoms with Gasteiger partial charge in [-0.15, -0.1) is 0 Å². The maximum absolute atomic E-state index is 12.0. The molecule has 2 N–H and O–H groups in total. The molecule has 0 heterocycles. The number of hydrogen-bond donors (Lipinski definition) is 2. The van der Waals surface area contributed by atoms with E-state index in [0.29, 0.717) is 21.2 Å². The van der Waals surface area contributed by atoms with Crippen LogP contribution in [-0.2, 0) is 0 Å². The van der Waals surface area contributed by atoms with E-state index in [0.717, 1.165) is 18.8 Å². The highest BCUT2D eigenvalue weighted by Gasteiger charge is 2.08. The van der Waals surface area contributed by atoms with E-state index in [-0.39, 0.29) is 5.75 Å². The van der Waals surface area contributed by atoms with Crippen LogP contribution in [0.25, 0.3) is 0 Å². The molecule has 0 atom stereocenters. The summed E-state index contributed by atoms with van der Waals surface area (Å²) in [5, 5.41) is 14.7. The van der Waals surface area contributed by atoms with Crippen LogP contribution in [0.2, 0.25) is 10.0 Å². The molecular weight excluding hydrogens is 361 g/mol. The summed E-state index contributed by atoms with van der Waals surface area (Å²) in [6, 6.07) is 9.84. The fourth-order valence-corrected chi connectivity index (χ4v) is 2.86. The zero-order chi connectivity index (χ0) is 18.4. The van der Waals surface area contributed by atoms with Gasteiger partial charge in [-0.2, -0.15) is 5.10 Å². The normalized spacial score (nSPS) is 10.9. The molecule has 2 aromatic carbocycles. The number of rotatable bonds is 6. The Balaban J connectivity index is 2.07. The van der Waals surface area contributed by atoms with Crippen LogP contribution in [0.4, 0.5) is 5.69 Å². The second-order valence-electron chi connectivity index (χ2n) is 5.27. The molecule has 0 fully saturated rings. The maximum Gasteiger partial charge on any atom is 0.271 e. The molecule has 5 nitrogen and oxygen atoms in total. The van der Waals surface area contributed by atoms with Crippen molar-refractivity contribution in [3.63, 3.8) is 0 Å². The molecule has 0 bridgehead atoms. The summed E-state index contributed by atoms with van der Waals surface area (Å²) in [5.41, 5.74) is 4.11. The SMILES string of the molecule is CCN(CC)c1ccc(/C=N/NC(=O)c2cc(Cl)cc(Cl)c2)c(O)c1. The Morgan fingerprint density at radius 1 is 1.16 bits per heavy atom. The van der Waals surface area contributed by atoms with Gasteiger partial charge < -0.3 is 10.0 Å². The van der Waals surface area contributed by atoms with Gasteiger partial charge in [0.25, 0.3) is 5.91 Å². The summed E-state index contributed by atoms with van der Waals surface area (Å²) in [6.45, 7) is 5.80. The summed E-state index contributed by atoms with van der Waals surface area (Å²) < 4.78 is 0. The first kappa shape index (κ1) is 19.1. The van der Waals surface area contributed by atoms with E-state index in [4.69, 9.17) is 23.2 Å². The molecule has 0 saturated carbocycles. The lowest BCUT2D eigenvalue weighted by Gasteiger charge is -2.21. The Labute approximate surface area is 156 Å². The number of nitrogens with zero attached hydrogens (tertiary/aromatic N) is 2. The van der Waals surface area contributed by atoms with E-state index in [1.54, 1.807) is 18.2 Å². The second kappa shape index (κ2) is 8.74. The van der Waals surface area contributed by atoms with Crippen molar-refractivity contribution in [1.29, 1.82) is 0 Å². The molecule has 1 amide bonds. The largest absolute Gasteiger partial charge is 0.507 e. The highest BCUT2D eigenvalue weighted by atomic mass is 35.5. The molecule has 0 saturated heterocycles. The molecule has 0 aromatic heterocycles. The molecule has 132 valence electrons. The molecular formula is C18H19Cl2N3O2. The third-order valence-corrected chi connectivity index (χ3v) is 4.07. The first-order valence-electron chi connectivity index (χ1n) is 7.82. The van der Waals surface area contributed by atoms with E-state index in [9.17, 15) is 9.90 Å². The van der Waals surface area contributed by atoms with Gasteiger partial charge in [0, 0.05) is 46.0 Å². The molecule has 0 aliphatic heterocycles. The first-order valence-corrected chi connectivity index (χ1v) is 8.57. The molecule has 0 aliphatic rings. The van der Waals surface area contributed by atoms with Crippen LogP contribution in [0.1, 0.15) is 29.8 Å². The number of hydrazone groups is 1. The first-order chi connectivity index (χ1) is 11.9. The van der Waals surface area contributed by atoms with E-state index in [2.05, 4.69) is 15.4 Å². The van der Waals surface area contributed by atoms with E-state index < -0.39 is 5.91 Å². The number of phenols is 1. The summed E-state index contributed by atoms with van der Waals surface area (Å²) >= 11 is 11.7. The third-order valence-electron chi connectivity index (χ3n) is 3.64. The zero-order valence-electron chi connectivity index (χ0n) is 14.0. The average Bonchev–Trinajstić information content (AvgIpc) is 2.57. The van der Waals surface area contributed by atoms with Crippen molar-refractivity contribution < 1.29 is 9.90 Å². The van der Waals surface area contributed by atoms with Crippen LogP contribution < -0.4 is 10.3 Å². The molecule has 0 spiro atoms. The minimum absolute atomic E-state index is 0.0909. The molecule has 0 unspecified atom stereocenters. The third kappa shape index (κ3) is 5.11. The van der Waals surface area contributed by atoms with Crippen LogP contribution >= 0.6 is 23.2 Å². The predicted molar refractivity (Wildman–Crippen MR) is 103 cm³/mol. The number of phenolic OH excluding ortho intramolecular Hbond substituents is 1. The fourth-order valence-electron chi connectivity index (χ4n) is 2.34. The lowest BCUT2D eigenvalue weighted by Crippen LogP contribution is -2.21. The number of benzene rings is 2. The summed E-state index contributed by atoms with van der Waals surface area (Å²) in [4.78, 5) is 14.2. The summed E-state index contributed by atoms with van der Waals surface area (Å²) in [6.07, 6.45) is 1.38. The number of anilines is 1. The lowest BCUT2D eigenvalue weighted by molar-refractivity contribution is 0.0955. The Kier molecular flexibility index (Phi) is 6.67. The van der Waals surface area contributed by atoms with Gasteiger partial charge >= 0.3 is 0 Å². The van der Waals surface area contributed by atoms with Crippen molar-refractivity contribution >= 4 is 41.0 Å². The van der Waals surface area contributed by atoms with Gasteiger partial charge in [-0.1, -0.05) is 23.2 Å². The Morgan fingerprint density at radius 2 is 1.80 bits per heavy atom. The van der Waals surface area contributed by atoms with Crippen LogP contribution in [0, 0.1) is 0 Å². The van der Waals surface area contributed by atoms with Crippen molar-refractivity contribution in [2.45, 2.75) is 13.8 Å². The van der Waals surface area contributed by atoms with Gasteiger partial charge in [0.05, 0.1) is 6.21 Å². The Morgan fingerprint density at radius 3 is 2.36 bits per heavy atom. The van der Waals surface area contributed by atoms with E-state index in [1.807, 2.05) is 19.9 Å². The van der Waals surface area contributed by atoms with Gasteiger partial charge in [0.2, 0.25) is 0 Å². The zero-order valence-corrected chi connectivity index (χ0v) is 15.5. The molecule has 25 heavy (non-hydrogen) atoms. The summed E-state index contributed by atoms with van der Waals surface area (Å²) in [7, 11) is 0. The molecule has 0 radical (unpaired) electrons. The number of halogens is 2. The molecule has 2 rings (SSSR count). The van der Waals surface area contributed by atoms with Crippen molar-refractivity contribution in [1.82, 2.24) is 5.43 Å². The Bertz CT molecular complexity index is 770. The van der Waals surface area contributed by atoms with E-state index in [1.165, 1.54) is 18.3 Å². The molecule has 0 aliphatic carbocycles. The summed E-state index contributed by atoms with van der Waals surface area (Å²) in [5.74, 6) is -0.354. The minimum Gasteiger partial charge on any atom is -0.507 e. The van der Waals surface area contributed by atoms with Crippen LogP contribution in [0.3, 0.4) is 0 Å². The smallest absolute Gasteiger partial charge is 0.271 e. The van der Waals surface area contributed by atoms with Crippen LogP contribution in [0.5, 0.6) is 5.75 Å². The highest BCUT2D eigenvalue weighted by Crippen LogP contribution is 2.23. The minimum atomic E-state index is -0.445. The molecule has 2 aromatic rings. The van der Waals surface area contributed by atoms with E-state index >= 15 is 0 Å². The Hall–Kier alpha value is -2.24. The topological polar surface area (TPSA) is 64.9 Å². The van der Waals surface area contributed by atoms with Crippen molar-refractivity contribution in [2.75, 3.05) is 18.0 Å². The monoisotopic (exact) mass is 379 g/mol. The average molecular weight is 380 g/mol. The van der Waals surface area contributed by atoms with Gasteiger partial charge in [0.1, 0.15) is 5.75 Å². The highest BCUT2D eigenvalue weighted by molar-refractivity contribution is 6.35. The number of hydrogen-bond acceptors (Lipinski definition) is 4.